The minimum Gasteiger partial charge on any atom is -0.494 e. The largest absolute Gasteiger partial charge is 0.494 e. The summed E-state index contributed by atoms with van der Waals surface area (Å²) in [5.74, 6) is 0.847. The maximum Gasteiger partial charge on any atom is 0.137 e. The van der Waals surface area contributed by atoms with Gasteiger partial charge in [-0.15, -0.1) is 0 Å². The first kappa shape index (κ1) is 12.6. The Hall–Kier alpha value is -0.900. The Bertz CT molecular complexity index is 420. The molecule has 0 heterocycles. The van der Waals surface area contributed by atoms with Gasteiger partial charge in [-0.05, 0) is 53.4 Å². The van der Waals surface area contributed by atoms with E-state index < -0.39 is 0 Å². The van der Waals surface area contributed by atoms with E-state index in [1.54, 1.807) is 12.1 Å². The molecule has 1 aromatic carbocycles. The van der Waals surface area contributed by atoms with Crippen LogP contribution in [0.1, 0.15) is 25.7 Å². The van der Waals surface area contributed by atoms with Gasteiger partial charge in [0.25, 0.3) is 0 Å². The van der Waals surface area contributed by atoms with E-state index in [9.17, 15) is 9.18 Å². The summed E-state index contributed by atoms with van der Waals surface area (Å²) in [6.45, 7) is 0.508. The van der Waals surface area contributed by atoms with Crippen molar-refractivity contribution >= 4 is 21.7 Å². The van der Waals surface area contributed by atoms with E-state index in [0.717, 1.165) is 19.3 Å². The van der Waals surface area contributed by atoms with Crippen molar-refractivity contribution in [2.45, 2.75) is 25.7 Å². The molecule has 2 rings (SSSR count). The Kier molecular flexibility index (Phi) is 4.15. The molecule has 0 aliphatic heterocycles. The van der Waals surface area contributed by atoms with Gasteiger partial charge >= 0.3 is 0 Å². The fraction of sp³-hybridized carbons (Fsp3) is 0.462. The number of carbonyl (C=O) groups excluding carboxylic acids is 1. The maximum atomic E-state index is 13.0. The molecule has 0 spiro atoms. The lowest BCUT2D eigenvalue weighted by molar-refractivity contribution is -0.121. The molecule has 0 saturated heterocycles. The van der Waals surface area contributed by atoms with Crippen molar-refractivity contribution in [2.75, 3.05) is 6.61 Å². The van der Waals surface area contributed by atoms with Crippen LogP contribution in [0.2, 0.25) is 0 Å². The molecule has 17 heavy (non-hydrogen) atoms. The molecule has 0 radical (unpaired) electrons. The predicted molar refractivity (Wildman–Crippen MR) is 66.6 cm³/mol. The van der Waals surface area contributed by atoms with E-state index in [4.69, 9.17) is 4.74 Å². The number of hydrogen-bond acceptors (Lipinski definition) is 2. The average Bonchev–Trinajstić information content (AvgIpc) is 2.70. The summed E-state index contributed by atoms with van der Waals surface area (Å²) in [6.07, 6.45) is 3.46. The molecule has 1 aliphatic rings. The number of hydrogen-bond donors (Lipinski definition) is 0. The number of ketones is 1. The van der Waals surface area contributed by atoms with Gasteiger partial charge in [0.05, 0.1) is 11.1 Å². The second kappa shape index (κ2) is 5.63. The van der Waals surface area contributed by atoms with E-state index in [2.05, 4.69) is 15.9 Å². The molecule has 0 aromatic heterocycles. The van der Waals surface area contributed by atoms with Crippen LogP contribution in [0.3, 0.4) is 0 Å². The predicted octanol–water partition coefficient (Wildman–Crippen LogP) is 3.73. The summed E-state index contributed by atoms with van der Waals surface area (Å²) in [4.78, 5) is 11.4. The summed E-state index contributed by atoms with van der Waals surface area (Å²) >= 11 is 3.10. The van der Waals surface area contributed by atoms with Crippen LogP contribution >= 0.6 is 15.9 Å². The third-order valence-corrected chi connectivity index (χ3v) is 3.66. The van der Waals surface area contributed by atoms with Gasteiger partial charge in [-0.1, -0.05) is 0 Å². The van der Waals surface area contributed by atoms with Crippen LogP contribution in [0, 0.1) is 11.7 Å². The van der Waals surface area contributed by atoms with Gasteiger partial charge in [0, 0.05) is 12.3 Å². The van der Waals surface area contributed by atoms with Crippen LogP contribution in [-0.2, 0) is 4.79 Å². The standard InChI is InChI=1S/C13H14BrFO2/c14-11-8-10(4-5-12(11)15)17-7-6-9-2-1-3-13(9)16/h4-5,8-9H,1-3,6-7H2. The first-order valence-electron chi connectivity index (χ1n) is 5.77. The first-order valence-corrected chi connectivity index (χ1v) is 6.56. The number of ether oxygens (including phenoxy) is 1. The molecule has 92 valence electrons. The number of halogens is 2. The van der Waals surface area contributed by atoms with Crippen LogP contribution in [0.4, 0.5) is 4.39 Å². The average molecular weight is 301 g/mol. The Labute approximate surface area is 108 Å². The zero-order valence-electron chi connectivity index (χ0n) is 9.42. The lowest BCUT2D eigenvalue weighted by Crippen LogP contribution is -2.11. The fourth-order valence-electron chi connectivity index (χ4n) is 2.08. The highest BCUT2D eigenvalue weighted by atomic mass is 79.9. The third-order valence-electron chi connectivity index (χ3n) is 3.06. The van der Waals surface area contributed by atoms with E-state index in [0.29, 0.717) is 29.0 Å². The monoisotopic (exact) mass is 300 g/mol. The third kappa shape index (κ3) is 3.28. The molecular weight excluding hydrogens is 287 g/mol. The quantitative estimate of drug-likeness (QED) is 0.847. The highest BCUT2D eigenvalue weighted by molar-refractivity contribution is 9.10. The van der Waals surface area contributed by atoms with Gasteiger partial charge in [-0.25, -0.2) is 4.39 Å². The minimum absolute atomic E-state index is 0.166. The zero-order chi connectivity index (χ0) is 12.3. The van der Waals surface area contributed by atoms with Crippen LogP contribution < -0.4 is 4.74 Å². The molecular formula is C13H14BrFO2. The molecule has 1 fully saturated rings. The van der Waals surface area contributed by atoms with Crippen molar-refractivity contribution in [1.29, 1.82) is 0 Å². The number of rotatable bonds is 4. The van der Waals surface area contributed by atoms with Gasteiger partial charge in [-0.3, -0.25) is 4.79 Å². The van der Waals surface area contributed by atoms with E-state index in [1.807, 2.05) is 0 Å². The van der Waals surface area contributed by atoms with Crippen molar-refractivity contribution in [3.8, 4) is 5.75 Å². The Morgan fingerprint density at radius 3 is 2.94 bits per heavy atom. The highest BCUT2D eigenvalue weighted by Crippen LogP contribution is 2.25. The normalized spacial score (nSPS) is 19.6. The number of benzene rings is 1. The van der Waals surface area contributed by atoms with Crippen LogP contribution in [0.5, 0.6) is 5.75 Å². The Morgan fingerprint density at radius 1 is 1.47 bits per heavy atom. The van der Waals surface area contributed by atoms with Crippen LogP contribution in [-0.4, -0.2) is 12.4 Å². The van der Waals surface area contributed by atoms with Gasteiger partial charge < -0.3 is 4.74 Å². The molecule has 0 N–H and O–H groups in total. The highest BCUT2D eigenvalue weighted by Gasteiger charge is 2.23. The van der Waals surface area contributed by atoms with Gasteiger partial charge in [0.1, 0.15) is 17.3 Å². The molecule has 0 amide bonds. The number of carbonyl (C=O) groups is 1. The first-order chi connectivity index (χ1) is 8.16. The lowest BCUT2D eigenvalue weighted by Gasteiger charge is -2.10. The summed E-state index contributed by atoms with van der Waals surface area (Å²) in [7, 11) is 0. The Balaban J connectivity index is 1.81. The maximum absolute atomic E-state index is 13.0. The van der Waals surface area contributed by atoms with E-state index >= 15 is 0 Å². The second-order valence-corrected chi connectivity index (χ2v) is 5.12. The van der Waals surface area contributed by atoms with Crippen molar-refractivity contribution in [2.24, 2.45) is 5.92 Å². The van der Waals surface area contributed by atoms with Crippen LogP contribution in [0.15, 0.2) is 22.7 Å². The van der Waals surface area contributed by atoms with Crippen molar-refractivity contribution in [3.63, 3.8) is 0 Å². The van der Waals surface area contributed by atoms with Crippen LogP contribution in [0.25, 0.3) is 0 Å². The number of Topliss-reactive ketones (excluding diaryl/α,β-unsaturated/α-hetero) is 1. The van der Waals surface area contributed by atoms with E-state index in [1.165, 1.54) is 6.07 Å². The molecule has 2 nitrogen and oxygen atoms in total. The van der Waals surface area contributed by atoms with Gasteiger partial charge in [-0.2, -0.15) is 0 Å². The van der Waals surface area contributed by atoms with Crippen molar-refractivity contribution < 1.29 is 13.9 Å². The molecule has 1 aromatic rings. The van der Waals surface area contributed by atoms with Crippen molar-refractivity contribution in [3.05, 3.63) is 28.5 Å². The lowest BCUT2D eigenvalue weighted by atomic mass is 10.0. The Morgan fingerprint density at radius 2 is 2.29 bits per heavy atom. The minimum atomic E-state index is -0.302. The molecule has 1 unspecified atom stereocenters. The topological polar surface area (TPSA) is 26.3 Å². The van der Waals surface area contributed by atoms with Crippen molar-refractivity contribution in [1.82, 2.24) is 0 Å². The molecule has 0 bridgehead atoms. The van der Waals surface area contributed by atoms with Gasteiger partial charge in [0.2, 0.25) is 0 Å². The molecule has 1 atom stereocenters. The molecule has 4 heteroatoms. The summed E-state index contributed by atoms with van der Waals surface area (Å²) in [5.41, 5.74) is 0. The summed E-state index contributed by atoms with van der Waals surface area (Å²) in [5, 5.41) is 0. The summed E-state index contributed by atoms with van der Waals surface area (Å²) in [6, 6.07) is 4.56. The van der Waals surface area contributed by atoms with Gasteiger partial charge in [0.15, 0.2) is 0 Å². The second-order valence-electron chi connectivity index (χ2n) is 4.27. The fourth-order valence-corrected chi connectivity index (χ4v) is 2.44. The molecule has 1 saturated carbocycles. The van der Waals surface area contributed by atoms with E-state index in [-0.39, 0.29) is 11.7 Å². The zero-order valence-corrected chi connectivity index (χ0v) is 11.0. The SMILES string of the molecule is O=C1CCCC1CCOc1ccc(F)c(Br)c1. The molecule has 1 aliphatic carbocycles. The summed E-state index contributed by atoms with van der Waals surface area (Å²) < 4.78 is 18.9. The smallest absolute Gasteiger partial charge is 0.137 e.